The molecule has 0 radical (unpaired) electrons. The predicted octanol–water partition coefficient (Wildman–Crippen LogP) is 2.53. The second-order valence-electron chi connectivity index (χ2n) is 3.92. The summed E-state index contributed by atoms with van der Waals surface area (Å²) < 4.78 is 6.89. The number of thiazole rings is 1. The third kappa shape index (κ3) is 3.08. The largest absolute Gasteiger partial charge is 0.462 e. The first kappa shape index (κ1) is 13.5. The second kappa shape index (κ2) is 5.79. The second-order valence-corrected chi connectivity index (χ2v) is 4.95. The van der Waals surface area contributed by atoms with Gasteiger partial charge in [-0.15, -0.1) is 11.3 Å². The van der Waals surface area contributed by atoms with Crippen LogP contribution in [0.4, 0.5) is 0 Å². The van der Waals surface area contributed by atoms with Crippen LogP contribution in [-0.2, 0) is 11.8 Å². The molecule has 19 heavy (non-hydrogen) atoms. The molecule has 0 aliphatic rings. The van der Waals surface area contributed by atoms with Gasteiger partial charge >= 0.3 is 5.97 Å². The minimum absolute atomic E-state index is 0.311. The van der Waals surface area contributed by atoms with E-state index in [1.165, 1.54) is 11.3 Å². The lowest BCUT2D eigenvalue weighted by Crippen LogP contribution is -2.03. The van der Waals surface area contributed by atoms with Gasteiger partial charge in [0.2, 0.25) is 0 Å². The first-order valence-electron chi connectivity index (χ1n) is 5.91. The Hall–Kier alpha value is -1.95. The molecule has 5 nitrogen and oxygen atoms in total. The van der Waals surface area contributed by atoms with Gasteiger partial charge in [-0.1, -0.05) is 0 Å². The van der Waals surface area contributed by atoms with Crippen LogP contribution in [0.25, 0.3) is 12.2 Å². The zero-order chi connectivity index (χ0) is 13.8. The molecule has 2 aromatic heterocycles. The van der Waals surface area contributed by atoms with Crippen molar-refractivity contribution in [2.45, 2.75) is 13.8 Å². The Morgan fingerprint density at radius 3 is 2.95 bits per heavy atom. The van der Waals surface area contributed by atoms with Crippen molar-refractivity contribution in [3.8, 4) is 0 Å². The molecule has 2 rings (SSSR count). The Balaban J connectivity index is 2.19. The Kier molecular flexibility index (Phi) is 4.11. The van der Waals surface area contributed by atoms with E-state index < -0.39 is 0 Å². The summed E-state index contributed by atoms with van der Waals surface area (Å²) in [5.74, 6) is 0.527. The number of carbonyl (C=O) groups excluding carboxylic acids is 1. The molecule has 0 saturated carbocycles. The number of imidazole rings is 1. The van der Waals surface area contributed by atoms with Crippen LogP contribution >= 0.6 is 11.3 Å². The Bertz CT molecular complexity index is 613. The Morgan fingerprint density at radius 1 is 1.53 bits per heavy atom. The molecule has 0 aliphatic heterocycles. The highest BCUT2D eigenvalue weighted by Crippen LogP contribution is 2.20. The van der Waals surface area contributed by atoms with Crippen molar-refractivity contribution < 1.29 is 9.53 Å². The smallest absolute Gasteiger partial charge is 0.350 e. The van der Waals surface area contributed by atoms with Crippen LogP contribution in [0.3, 0.4) is 0 Å². The monoisotopic (exact) mass is 277 g/mol. The fraction of sp³-hybridized carbons (Fsp3) is 0.308. The van der Waals surface area contributed by atoms with Gasteiger partial charge in [0.1, 0.15) is 15.7 Å². The number of esters is 1. The van der Waals surface area contributed by atoms with E-state index in [9.17, 15) is 4.79 Å². The summed E-state index contributed by atoms with van der Waals surface area (Å²) in [4.78, 5) is 20.8. The first-order chi connectivity index (χ1) is 9.11. The average Bonchev–Trinajstić information content (AvgIpc) is 2.93. The third-order valence-corrected chi connectivity index (χ3v) is 3.61. The lowest BCUT2D eigenvalue weighted by atomic mass is 10.4. The molecule has 0 aromatic carbocycles. The van der Waals surface area contributed by atoms with E-state index in [4.69, 9.17) is 4.74 Å². The molecular weight excluding hydrogens is 262 g/mol. The molecular formula is C13H15N3O2S. The fourth-order valence-corrected chi connectivity index (χ4v) is 2.42. The van der Waals surface area contributed by atoms with Crippen molar-refractivity contribution in [3.63, 3.8) is 0 Å². The highest BCUT2D eigenvalue weighted by atomic mass is 32.1. The number of aryl methyl sites for hydroxylation is 2. The molecule has 0 spiro atoms. The molecule has 0 atom stereocenters. The highest BCUT2D eigenvalue weighted by Gasteiger charge is 2.15. The maximum atomic E-state index is 11.7. The summed E-state index contributed by atoms with van der Waals surface area (Å²) in [5.41, 5.74) is 0.697. The van der Waals surface area contributed by atoms with Crippen molar-refractivity contribution in [2.75, 3.05) is 6.61 Å². The third-order valence-electron chi connectivity index (χ3n) is 2.51. The van der Waals surface area contributed by atoms with Gasteiger partial charge in [-0.25, -0.2) is 14.8 Å². The molecule has 0 amide bonds. The van der Waals surface area contributed by atoms with Crippen LogP contribution in [0, 0.1) is 6.92 Å². The zero-order valence-corrected chi connectivity index (χ0v) is 11.9. The molecule has 6 heteroatoms. The standard InChI is InChI=1S/C13H15N3O2S/c1-4-18-13(17)12-9(2)15-11(19-12)6-5-10-14-7-8-16(10)3/h5-8H,4H2,1-3H3. The number of hydrogen-bond acceptors (Lipinski definition) is 5. The van der Waals surface area contributed by atoms with E-state index >= 15 is 0 Å². The predicted molar refractivity (Wildman–Crippen MR) is 74.9 cm³/mol. The normalized spacial score (nSPS) is 11.1. The number of carbonyl (C=O) groups is 1. The van der Waals surface area contributed by atoms with E-state index in [-0.39, 0.29) is 5.97 Å². The van der Waals surface area contributed by atoms with Gasteiger partial charge < -0.3 is 9.30 Å². The van der Waals surface area contributed by atoms with E-state index in [1.54, 1.807) is 20.0 Å². The molecule has 0 aliphatic carbocycles. The first-order valence-corrected chi connectivity index (χ1v) is 6.73. The summed E-state index contributed by atoms with van der Waals surface area (Å²) in [7, 11) is 1.92. The van der Waals surface area contributed by atoms with Crippen molar-refractivity contribution in [3.05, 3.63) is 33.8 Å². The van der Waals surface area contributed by atoms with E-state index in [0.29, 0.717) is 17.2 Å². The molecule has 2 heterocycles. The maximum absolute atomic E-state index is 11.7. The van der Waals surface area contributed by atoms with Crippen LogP contribution in [0.15, 0.2) is 12.4 Å². The summed E-state index contributed by atoms with van der Waals surface area (Å²) in [6.07, 6.45) is 7.32. The lowest BCUT2D eigenvalue weighted by molar-refractivity contribution is 0.0531. The molecule has 0 unspecified atom stereocenters. The van der Waals surface area contributed by atoms with Crippen LogP contribution in [0.2, 0.25) is 0 Å². The van der Waals surface area contributed by atoms with Gasteiger partial charge in [0.25, 0.3) is 0 Å². The lowest BCUT2D eigenvalue weighted by Gasteiger charge is -1.97. The van der Waals surface area contributed by atoms with E-state index in [1.807, 2.05) is 30.0 Å². The van der Waals surface area contributed by atoms with Crippen LogP contribution in [-0.4, -0.2) is 27.1 Å². The molecule has 0 saturated heterocycles. The summed E-state index contributed by atoms with van der Waals surface area (Å²) in [5, 5.41) is 0.767. The molecule has 0 bridgehead atoms. The van der Waals surface area contributed by atoms with Crippen molar-refractivity contribution in [1.29, 1.82) is 0 Å². The minimum Gasteiger partial charge on any atom is -0.462 e. The topological polar surface area (TPSA) is 57.0 Å². The highest BCUT2D eigenvalue weighted by molar-refractivity contribution is 7.14. The average molecular weight is 277 g/mol. The van der Waals surface area contributed by atoms with Gasteiger partial charge in [0.15, 0.2) is 0 Å². The number of ether oxygens (including phenoxy) is 1. The maximum Gasteiger partial charge on any atom is 0.350 e. The van der Waals surface area contributed by atoms with E-state index in [0.717, 1.165) is 10.8 Å². The Morgan fingerprint density at radius 2 is 2.32 bits per heavy atom. The minimum atomic E-state index is -0.311. The molecule has 0 N–H and O–H groups in total. The van der Waals surface area contributed by atoms with Crippen LogP contribution < -0.4 is 0 Å². The quantitative estimate of drug-likeness (QED) is 0.806. The van der Waals surface area contributed by atoms with Crippen molar-refractivity contribution in [2.24, 2.45) is 7.05 Å². The fourth-order valence-electron chi connectivity index (χ4n) is 1.56. The summed E-state index contributed by atoms with van der Waals surface area (Å²) in [6, 6.07) is 0. The number of aromatic nitrogens is 3. The summed E-state index contributed by atoms with van der Waals surface area (Å²) >= 11 is 1.33. The Labute approximate surface area is 115 Å². The van der Waals surface area contributed by atoms with Crippen LogP contribution in [0.1, 0.15) is 33.1 Å². The van der Waals surface area contributed by atoms with Crippen molar-refractivity contribution in [1.82, 2.24) is 14.5 Å². The molecule has 0 fully saturated rings. The van der Waals surface area contributed by atoms with Gasteiger partial charge in [-0.05, 0) is 26.0 Å². The molecule has 100 valence electrons. The van der Waals surface area contributed by atoms with Gasteiger partial charge in [-0.2, -0.15) is 0 Å². The zero-order valence-electron chi connectivity index (χ0n) is 11.1. The van der Waals surface area contributed by atoms with Gasteiger partial charge in [-0.3, -0.25) is 0 Å². The van der Waals surface area contributed by atoms with E-state index in [2.05, 4.69) is 9.97 Å². The SMILES string of the molecule is CCOC(=O)c1sc(C=Cc2nccn2C)nc1C. The van der Waals surface area contributed by atoms with Crippen molar-refractivity contribution >= 4 is 29.5 Å². The number of nitrogens with zero attached hydrogens (tertiary/aromatic N) is 3. The summed E-state index contributed by atoms with van der Waals surface area (Å²) in [6.45, 7) is 3.96. The van der Waals surface area contributed by atoms with Crippen LogP contribution in [0.5, 0.6) is 0 Å². The molecule has 2 aromatic rings. The number of rotatable bonds is 4. The van der Waals surface area contributed by atoms with Gasteiger partial charge in [0, 0.05) is 19.4 Å². The number of hydrogen-bond donors (Lipinski definition) is 0. The van der Waals surface area contributed by atoms with Gasteiger partial charge in [0.05, 0.1) is 12.3 Å².